The van der Waals surface area contributed by atoms with Crippen LogP contribution < -0.4 is 11.0 Å². The standard InChI is InChI=1S/C23H24N6O2/c1-3-4-7-17-9-11-18(12-10-17)26-22(30)15-28-23(31)29-16(2)25-20(14-21(29)27-28)19-8-5-6-13-24-19/h5-6,8-14H,3-4,7,15H2,1-2H3,(H,26,30). The Morgan fingerprint density at radius 1 is 1.10 bits per heavy atom. The lowest BCUT2D eigenvalue weighted by Gasteiger charge is -2.06. The minimum Gasteiger partial charge on any atom is -0.324 e. The molecule has 4 aromatic rings. The Kier molecular flexibility index (Phi) is 5.88. The summed E-state index contributed by atoms with van der Waals surface area (Å²) in [6.07, 6.45) is 4.99. The lowest BCUT2D eigenvalue weighted by atomic mass is 10.1. The fourth-order valence-electron chi connectivity index (χ4n) is 3.42. The Labute approximate surface area is 179 Å². The molecule has 0 bridgehead atoms. The molecule has 0 saturated carbocycles. The normalized spacial score (nSPS) is 11.0. The van der Waals surface area contributed by atoms with Gasteiger partial charge in [-0.2, -0.15) is 0 Å². The number of hydrogen-bond donors (Lipinski definition) is 1. The van der Waals surface area contributed by atoms with E-state index in [1.165, 1.54) is 9.96 Å². The number of unbranched alkanes of at least 4 members (excludes halogenated alkanes) is 1. The first-order valence-corrected chi connectivity index (χ1v) is 10.3. The fraction of sp³-hybridized carbons (Fsp3) is 0.261. The molecule has 31 heavy (non-hydrogen) atoms. The molecule has 0 saturated heterocycles. The van der Waals surface area contributed by atoms with Crippen molar-refractivity contribution in [1.29, 1.82) is 0 Å². The third-order valence-electron chi connectivity index (χ3n) is 5.01. The second-order valence-corrected chi connectivity index (χ2v) is 7.39. The Bertz CT molecular complexity index is 1260. The van der Waals surface area contributed by atoms with Gasteiger partial charge < -0.3 is 5.32 Å². The highest BCUT2D eigenvalue weighted by Gasteiger charge is 2.15. The van der Waals surface area contributed by atoms with Gasteiger partial charge in [0.05, 0.1) is 11.4 Å². The van der Waals surface area contributed by atoms with Gasteiger partial charge >= 0.3 is 5.69 Å². The molecule has 0 atom stereocenters. The van der Waals surface area contributed by atoms with E-state index in [-0.39, 0.29) is 12.5 Å². The summed E-state index contributed by atoms with van der Waals surface area (Å²) in [5.41, 5.74) is 3.26. The maximum atomic E-state index is 12.8. The average Bonchev–Trinajstić information content (AvgIpc) is 3.09. The van der Waals surface area contributed by atoms with Gasteiger partial charge in [0.2, 0.25) is 5.91 Å². The molecule has 3 heterocycles. The van der Waals surface area contributed by atoms with Crippen molar-refractivity contribution in [3.8, 4) is 11.4 Å². The second-order valence-electron chi connectivity index (χ2n) is 7.39. The molecule has 158 valence electrons. The number of nitrogens with zero attached hydrogens (tertiary/aromatic N) is 5. The second kappa shape index (κ2) is 8.91. The third kappa shape index (κ3) is 4.53. The number of amides is 1. The zero-order chi connectivity index (χ0) is 21.8. The minimum absolute atomic E-state index is 0.184. The van der Waals surface area contributed by atoms with Crippen LogP contribution in [0.3, 0.4) is 0 Å². The first kappa shape index (κ1) is 20.5. The summed E-state index contributed by atoms with van der Waals surface area (Å²) in [4.78, 5) is 34.0. The molecule has 1 aromatic carbocycles. The van der Waals surface area contributed by atoms with Crippen molar-refractivity contribution in [1.82, 2.24) is 24.1 Å². The van der Waals surface area contributed by atoms with Gasteiger partial charge in [-0.25, -0.2) is 18.9 Å². The summed E-state index contributed by atoms with van der Waals surface area (Å²) in [5.74, 6) is 0.167. The minimum atomic E-state index is -0.405. The monoisotopic (exact) mass is 416 g/mol. The van der Waals surface area contributed by atoms with Gasteiger partial charge in [0.15, 0.2) is 5.65 Å². The number of carbonyl (C=O) groups is 1. The highest BCUT2D eigenvalue weighted by molar-refractivity contribution is 5.90. The maximum Gasteiger partial charge on any atom is 0.352 e. The van der Waals surface area contributed by atoms with Crippen LogP contribution in [0.25, 0.3) is 17.0 Å². The highest BCUT2D eigenvalue weighted by atomic mass is 16.2. The molecule has 0 aliphatic rings. The number of aryl methyl sites for hydroxylation is 2. The van der Waals surface area contributed by atoms with Crippen LogP contribution in [0.1, 0.15) is 31.2 Å². The third-order valence-corrected chi connectivity index (χ3v) is 5.01. The number of rotatable bonds is 7. The van der Waals surface area contributed by atoms with E-state index in [4.69, 9.17) is 0 Å². The van der Waals surface area contributed by atoms with Crippen molar-refractivity contribution in [2.45, 2.75) is 39.7 Å². The van der Waals surface area contributed by atoms with Crippen molar-refractivity contribution in [3.05, 3.63) is 76.6 Å². The van der Waals surface area contributed by atoms with Crippen molar-refractivity contribution >= 4 is 17.2 Å². The number of pyridine rings is 1. The molecule has 8 nitrogen and oxygen atoms in total. The van der Waals surface area contributed by atoms with Crippen LogP contribution in [0.2, 0.25) is 0 Å². The lowest BCUT2D eigenvalue weighted by molar-refractivity contribution is -0.117. The molecule has 1 amide bonds. The largest absolute Gasteiger partial charge is 0.352 e. The molecule has 0 fully saturated rings. The number of aromatic nitrogens is 5. The molecule has 1 N–H and O–H groups in total. The zero-order valence-electron chi connectivity index (χ0n) is 17.6. The summed E-state index contributed by atoms with van der Waals surface area (Å²) >= 11 is 0. The van der Waals surface area contributed by atoms with Crippen LogP contribution in [0, 0.1) is 6.92 Å². The number of carbonyl (C=O) groups excluding carboxylic acids is 1. The molecule has 0 aliphatic carbocycles. The van der Waals surface area contributed by atoms with Gasteiger partial charge in [0, 0.05) is 18.0 Å². The first-order valence-electron chi connectivity index (χ1n) is 10.3. The summed E-state index contributed by atoms with van der Waals surface area (Å²) in [6.45, 7) is 3.70. The summed E-state index contributed by atoms with van der Waals surface area (Å²) in [7, 11) is 0. The smallest absolute Gasteiger partial charge is 0.324 e. The van der Waals surface area contributed by atoms with Gasteiger partial charge in [0.1, 0.15) is 12.4 Å². The predicted octanol–water partition coefficient (Wildman–Crippen LogP) is 3.24. The predicted molar refractivity (Wildman–Crippen MR) is 119 cm³/mol. The van der Waals surface area contributed by atoms with Crippen LogP contribution in [-0.2, 0) is 17.8 Å². The Morgan fingerprint density at radius 2 is 1.90 bits per heavy atom. The molecule has 8 heteroatoms. The molecular weight excluding hydrogens is 392 g/mol. The molecule has 0 radical (unpaired) electrons. The van der Waals surface area contributed by atoms with Crippen LogP contribution in [0.4, 0.5) is 5.69 Å². The number of benzene rings is 1. The van der Waals surface area contributed by atoms with E-state index < -0.39 is 5.69 Å². The van der Waals surface area contributed by atoms with Crippen molar-refractivity contribution in [3.63, 3.8) is 0 Å². The molecule has 3 aromatic heterocycles. The molecule has 0 spiro atoms. The van der Waals surface area contributed by atoms with E-state index in [9.17, 15) is 9.59 Å². The Morgan fingerprint density at radius 3 is 2.61 bits per heavy atom. The topological polar surface area (TPSA) is 94.2 Å². The summed E-state index contributed by atoms with van der Waals surface area (Å²) in [6, 6.07) is 15.0. The zero-order valence-corrected chi connectivity index (χ0v) is 17.6. The highest BCUT2D eigenvalue weighted by Crippen LogP contribution is 2.16. The fourth-order valence-corrected chi connectivity index (χ4v) is 3.42. The van der Waals surface area contributed by atoms with E-state index >= 15 is 0 Å². The van der Waals surface area contributed by atoms with E-state index in [0.29, 0.717) is 28.5 Å². The number of fused-ring (bicyclic) bond motifs is 1. The van der Waals surface area contributed by atoms with Crippen molar-refractivity contribution < 1.29 is 4.79 Å². The summed E-state index contributed by atoms with van der Waals surface area (Å²) in [5, 5.41) is 7.15. The van der Waals surface area contributed by atoms with Crippen LogP contribution in [-0.4, -0.2) is 30.1 Å². The van der Waals surface area contributed by atoms with Gasteiger partial charge in [-0.1, -0.05) is 31.5 Å². The summed E-state index contributed by atoms with van der Waals surface area (Å²) < 4.78 is 2.54. The average molecular weight is 416 g/mol. The Balaban J connectivity index is 1.53. The lowest BCUT2D eigenvalue weighted by Crippen LogP contribution is -2.28. The molecule has 4 rings (SSSR count). The van der Waals surface area contributed by atoms with Gasteiger partial charge in [-0.3, -0.25) is 9.78 Å². The quantitative estimate of drug-likeness (QED) is 0.499. The van der Waals surface area contributed by atoms with Crippen LogP contribution in [0.15, 0.2) is 59.5 Å². The van der Waals surface area contributed by atoms with Gasteiger partial charge in [-0.05, 0) is 49.6 Å². The maximum absolute atomic E-state index is 12.8. The Hall–Kier alpha value is -3.81. The van der Waals surface area contributed by atoms with Crippen molar-refractivity contribution in [2.75, 3.05) is 5.32 Å². The number of nitrogens with one attached hydrogen (secondary N) is 1. The van der Waals surface area contributed by atoms with Gasteiger partial charge in [-0.15, -0.1) is 5.10 Å². The molecule has 0 aliphatic heterocycles. The first-order chi connectivity index (χ1) is 15.0. The van der Waals surface area contributed by atoms with Crippen molar-refractivity contribution in [2.24, 2.45) is 0 Å². The SMILES string of the molecule is CCCCc1ccc(NC(=O)Cn2nc3cc(-c4ccccn4)nc(C)n3c2=O)cc1. The van der Waals surface area contributed by atoms with E-state index in [1.54, 1.807) is 19.2 Å². The van der Waals surface area contributed by atoms with Gasteiger partial charge in [0.25, 0.3) is 0 Å². The van der Waals surface area contributed by atoms with E-state index in [2.05, 4.69) is 27.3 Å². The van der Waals surface area contributed by atoms with E-state index in [0.717, 1.165) is 23.9 Å². The van der Waals surface area contributed by atoms with E-state index in [1.807, 2.05) is 42.5 Å². The van der Waals surface area contributed by atoms with Crippen LogP contribution in [0.5, 0.6) is 0 Å². The number of hydrogen-bond acceptors (Lipinski definition) is 5. The number of anilines is 1. The van der Waals surface area contributed by atoms with Crippen LogP contribution >= 0.6 is 0 Å². The molecular formula is C23H24N6O2. The molecule has 0 unspecified atom stereocenters.